The van der Waals surface area contributed by atoms with Gasteiger partial charge in [0.1, 0.15) is 5.75 Å². The summed E-state index contributed by atoms with van der Waals surface area (Å²) >= 11 is 5.93. The standard InChI is InChI=1S/C24H17ClN2O3/c1-16-15-22(28)23(26-27(16)20-11-9-19(25)10-12-20)24(29)30-21-13-7-18(8-14-21)17-5-3-2-4-6-17/h2-15H,1H3. The van der Waals surface area contributed by atoms with E-state index in [-0.39, 0.29) is 5.69 Å². The lowest BCUT2D eigenvalue weighted by Crippen LogP contribution is -2.25. The van der Waals surface area contributed by atoms with Crippen LogP contribution in [-0.2, 0) is 0 Å². The van der Waals surface area contributed by atoms with Crippen molar-refractivity contribution in [1.82, 2.24) is 9.78 Å². The van der Waals surface area contributed by atoms with Crippen molar-refractivity contribution in [2.45, 2.75) is 6.92 Å². The predicted octanol–water partition coefficient (Wildman–Crippen LogP) is 5.08. The number of nitrogens with zero attached hydrogens (tertiary/aromatic N) is 2. The van der Waals surface area contributed by atoms with Crippen LogP contribution in [-0.4, -0.2) is 15.7 Å². The third-order valence-corrected chi connectivity index (χ3v) is 4.80. The van der Waals surface area contributed by atoms with Gasteiger partial charge in [0, 0.05) is 16.8 Å². The summed E-state index contributed by atoms with van der Waals surface area (Å²) in [5.41, 5.74) is 2.53. The Hall–Kier alpha value is -3.70. The fourth-order valence-corrected chi connectivity index (χ4v) is 3.16. The van der Waals surface area contributed by atoms with Crippen LogP contribution >= 0.6 is 11.6 Å². The minimum Gasteiger partial charge on any atom is -0.422 e. The second-order valence-electron chi connectivity index (χ2n) is 6.67. The molecular formula is C24H17ClN2O3. The summed E-state index contributed by atoms with van der Waals surface area (Å²) in [6.07, 6.45) is 0. The Morgan fingerprint density at radius 2 is 1.53 bits per heavy atom. The minimum absolute atomic E-state index is 0.289. The number of rotatable bonds is 4. The maximum absolute atomic E-state index is 12.6. The van der Waals surface area contributed by atoms with Crippen molar-refractivity contribution in [2.24, 2.45) is 0 Å². The van der Waals surface area contributed by atoms with Crippen LogP contribution in [0.1, 0.15) is 16.2 Å². The van der Waals surface area contributed by atoms with E-state index >= 15 is 0 Å². The van der Waals surface area contributed by atoms with Crippen LogP contribution in [0.2, 0.25) is 5.02 Å². The van der Waals surface area contributed by atoms with Crippen LogP contribution in [0.25, 0.3) is 16.8 Å². The van der Waals surface area contributed by atoms with Gasteiger partial charge in [-0.2, -0.15) is 5.10 Å². The van der Waals surface area contributed by atoms with E-state index in [1.165, 1.54) is 10.7 Å². The highest BCUT2D eigenvalue weighted by Crippen LogP contribution is 2.22. The van der Waals surface area contributed by atoms with Gasteiger partial charge in [0.05, 0.1) is 5.69 Å². The SMILES string of the molecule is Cc1cc(=O)c(C(=O)Oc2ccc(-c3ccccc3)cc2)nn1-c1ccc(Cl)cc1. The molecule has 3 aromatic carbocycles. The number of aryl methyl sites for hydroxylation is 1. The summed E-state index contributed by atoms with van der Waals surface area (Å²) in [6, 6.07) is 25.2. The zero-order valence-corrected chi connectivity index (χ0v) is 16.8. The van der Waals surface area contributed by atoms with Crippen LogP contribution in [0, 0.1) is 6.92 Å². The van der Waals surface area contributed by atoms with E-state index in [0.29, 0.717) is 22.2 Å². The van der Waals surface area contributed by atoms with Crippen molar-refractivity contribution >= 4 is 17.6 Å². The molecule has 4 rings (SSSR count). The average molecular weight is 417 g/mol. The van der Waals surface area contributed by atoms with E-state index in [4.69, 9.17) is 16.3 Å². The van der Waals surface area contributed by atoms with Gasteiger partial charge in [-0.1, -0.05) is 54.1 Å². The molecule has 0 aliphatic rings. The zero-order chi connectivity index (χ0) is 21.1. The second kappa shape index (κ2) is 8.35. The zero-order valence-electron chi connectivity index (χ0n) is 16.1. The molecule has 0 spiro atoms. The fraction of sp³-hybridized carbons (Fsp3) is 0.0417. The van der Waals surface area contributed by atoms with E-state index < -0.39 is 11.4 Å². The molecule has 0 atom stereocenters. The lowest BCUT2D eigenvalue weighted by atomic mass is 10.1. The molecule has 0 saturated heterocycles. The minimum atomic E-state index is -0.810. The number of carbonyl (C=O) groups excluding carboxylic acids is 1. The van der Waals surface area contributed by atoms with Gasteiger partial charge < -0.3 is 4.74 Å². The molecule has 0 saturated carbocycles. The summed E-state index contributed by atoms with van der Waals surface area (Å²) < 4.78 is 6.89. The molecule has 6 heteroatoms. The molecule has 0 amide bonds. The van der Waals surface area contributed by atoms with Gasteiger partial charge >= 0.3 is 5.97 Å². The highest BCUT2D eigenvalue weighted by Gasteiger charge is 2.18. The van der Waals surface area contributed by atoms with Crippen LogP contribution in [0.5, 0.6) is 5.75 Å². The molecule has 5 nitrogen and oxygen atoms in total. The molecule has 0 aliphatic heterocycles. The molecule has 0 fully saturated rings. The van der Waals surface area contributed by atoms with E-state index in [2.05, 4.69) is 5.10 Å². The number of ether oxygens (including phenoxy) is 1. The van der Waals surface area contributed by atoms with Gasteiger partial charge in [0.2, 0.25) is 11.1 Å². The van der Waals surface area contributed by atoms with Crippen LogP contribution in [0.15, 0.2) is 89.7 Å². The molecule has 30 heavy (non-hydrogen) atoms. The number of hydrogen-bond donors (Lipinski definition) is 0. The monoisotopic (exact) mass is 416 g/mol. The first-order valence-electron chi connectivity index (χ1n) is 9.26. The van der Waals surface area contributed by atoms with E-state index in [1.54, 1.807) is 43.3 Å². The lowest BCUT2D eigenvalue weighted by molar-refractivity contribution is 0.0725. The summed E-state index contributed by atoms with van der Waals surface area (Å²) in [7, 11) is 0. The van der Waals surface area contributed by atoms with Crippen LogP contribution in [0.3, 0.4) is 0 Å². The topological polar surface area (TPSA) is 61.2 Å². The third kappa shape index (κ3) is 4.16. The molecular weight excluding hydrogens is 400 g/mol. The van der Waals surface area contributed by atoms with Gasteiger partial charge in [-0.25, -0.2) is 9.48 Å². The van der Waals surface area contributed by atoms with Crippen molar-refractivity contribution in [3.8, 4) is 22.6 Å². The summed E-state index contributed by atoms with van der Waals surface area (Å²) in [6.45, 7) is 1.74. The summed E-state index contributed by atoms with van der Waals surface area (Å²) in [4.78, 5) is 25.0. The molecule has 0 radical (unpaired) electrons. The summed E-state index contributed by atoms with van der Waals surface area (Å²) in [5, 5.41) is 4.80. The lowest BCUT2D eigenvalue weighted by Gasteiger charge is -2.11. The van der Waals surface area contributed by atoms with Crippen LogP contribution in [0.4, 0.5) is 0 Å². The van der Waals surface area contributed by atoms with Crippen LogP contribution < -0.4 is 10.2 Å². The highest BCUT2D eigenvalue weighted by molar-refractivity contribution is 6.30. The Morgan fingerprint density at radius 1 is 0.900 bits per heavy atom. The maximum atomic E-state index is 12.6. The van der Waals surface area contributed by atoms with E-state index in [9.17, 15) is 9.59 Å². The molecule has 0 N–H and O–H groups in total. The Morgan fingerprint density at radius 3 is 2.20 bits per heavy atom. The number of hydrogen-bond acceptors (Lipinski definition) is 4. The van der Waals surface area contributed by atoms with Gasteiger partial charge in [0.25, 0.3) is 0 Å². The van der Waals surface area contributed by atoms with Gasteiger partial charge in [0.15, 0.2) is 0 Å². The number of esters is 1. The largest absolute Gasteiger partial charge is 0.422 e. The normalized spacial score (nSPS) is 10.6. The third-order valence-electron chi connectivity index (χ3n) is 4.54. The highest BCUT2D eigenvalue weighted by atomic mass is 35.5. The Balaban J connectivity index is 1.59. The first kappa shape index (κ1) is 19.6. The van der Waals surface area contributed by atoms with Crippen molar-refractivity contribution in [3.63, 3.8) is 0 Å². The predicted molar refractivity (Wildman–Crippen MR) is 116 cm³/mol. The first-order valence-corrected chi connectivity index (χ1v) is 9.64. The van der Waals surface area contributed by atoms with Crippen molar-refractivity contribution in [1.29, 1.82) is 0 Å². The van der Waals surface area contributed by atoms with Gasteiger partial charge in [-0.3, -0.25) is 4.79 Å². The molecule has 0 bridgehead atoms. The van der Waals surface area contributed by atoms with Crippen molar-refractivity contribution in [3.05, 3.63) is 112 Å². The number of halogens is 1. The quantitative estimate of drug-likeness (QED) is 0.344. The molecule has 0 aliphatic carbocycles. The summed E-state index contributed by atoms with van der Waals surface area (Å²) in [5.74, 6) is -0.477. The molecule has 1 aromatic heterocycles. The van der Waals surface area contributed by atoms with Gasteiger partial charge in [-0.05, 0) is 54.4 Å². The number of aromatic nitrogens is 2. The average Bonchev–Trinajstić information content (AvgIpc) is 2.76. The smallest absolute Gasteiger partial charge is 0.368 e. The molecule has 1 heterocycles. The van der Waals surface area contributed by atoms with Crippen molar-refractivity contribution in [2.75, 3.05) is 0 Å². The second-order valence-corrected chi connectivity index (χ2v) is 7.10. The molecule has 0 unspecified atom stereocenters. The Labute approximate surface area is 178 Å². The van der Waals surface area contributed by atoms with Crippen molar-refractivity contribution < 1.29 is 9.53 Å². The maximum Gasteiger partial charge on any atom is 0.368 e. The molecule has 4 aromatic rings. The van der Waals surface area contributed by atoms with Gasteiger partial charge in [-0.15, -0.1) is 0 Å². The molecule has 148 valence electrons. The Bertz CT molecular complexity index is 1250. The number of carbonyl (C=O) groups is 1. The van der Waals surface area contributed by atoms with E-state index in [0.717, 1.165) is 11.1 Å². The Kier molecular flexibility index (Phi) is 5.46. The first-order chi connectivity index (χ1) is 14.5. The van der Waals surface area contributed by atoms with E-state index in [1.807, 2.05) is 42.5 Å². The fourth-order valence-electron chi connectivity index (χ4n) is 3.03. The number of benzene rings is 3.